The lowest BCUT2D eigenvalue weighted by atomic mass is 9.93. The highest BCUT2D eigenvalue weighted by Crippen LogP contribution is 2.29. The number of rotatable bonds is 4. The van der Waals surface area contributed by atoms with E-state index in [1.807, 2.05) is 34.6 Å². The van der Waals surface area contributed by atoms with Crippen LogP contribution in [0.1, 0.15) is 50.7 Å². The van der Waals surface area contributed by atoms with Gasteiger partial charge in [-0.25, -0.2) is 8.42 Å². The first kappa shape index (κ1) is 22.7. The number of ether oxygens (including phenoxy) is 1. The number of hydrogen-bond donors (Lipinski definition) is 1. The molecule has 1 aromatic heterocycles. The summed E-state index contributed by atoms with van der Waals surface area (Å²) in [7, 11) is -3.90. The second-order valence-electron chi connectivity index (χ2n) is 8.51. The highest BCUT2D eigenvalue weighted by molar-refractivity contribution is 7.89. The van der Waals surface area contributed by atoms with Gasteiger partial charge in [0.1, 0.15) is 10.7 Å². The third-order valence-corrected chi connectivity index (χ3v) is 7.00. The molecule has 1 aromatic carbocycles. The molecule has 0 bridgehead atoms. The van der Waals surface area contributed by atoms with Crippen LogP contribution < -0.4 is 5.32 Å². The molecule has 30 heavy (non-hydrogen) atoms. The maximum absolute atomic E-state index is 13.2. The molecule has 1 aliphatic rings. The number of halogens is 1. The van der Waals surface area contributed by atoms with Crippen molar-refractivity contribution in [3.05, 3.63) is 40.6 Å². The molecule has 1 amide bonds. The molecule has 2 aromatic rings. The second kappa shape index (κ2) is 8.30. The molecule has 1 N–H and O–H groups in total. The smallest absolute Gasteiger partial charge is 0.256 e. The van der Waals surface area contributed by atoms with Gasteiger partial charge in [0, 0.05) is 30.1 Å². The lowest BCUT2D eigenvalue weighted by Crippen LogP contribution is -2.48. The van der Waals surface area contributed by atoms with Gasteiger partial charge in [0.25, 0.3) is 5.91 Å². The highest BCUT2D eigenvalue weighted by atomic mass is 35.5. The first-order chi connectivity index (χ1) is 13.9. The maximum Gasteiger partial charge on any atom is 0.256 e. The minimum absolute atomic E-state index is 0.0507. The minimum Gasteiger partial charge on any atom is -0.373 e. The Labute approximate surface area is 181 Å². The number of hydrogen-bond acceptors (Lipinski definition) is 6. The Morgan fingerprint density at radius 2 is 1.83 bits per heavy atom. The number of anilines is 1. The first-order valence-electron chi connectivity index (χ1n) is 9.61. The predicted molar refractivity (Wildman–Crippen MR) is 113 cm³/mol. The average molecular weight is 456 g/mol. The van der Waals surface area contributed by atoms with E-state index >= 15 is 0 Å². The summed E-state index contributed by atoms with van der Waals surface area (Å²) in [5.41, 5.74) is -0.114. The van der Waals surface area contributed by atoms with Crippen molar-refractivity contribution >= 4 is 33.3 Å². The Bertz CT molecular complexity index is 1030. The zero-order chi connectivity index (χ0) is 22.3. The van der Waals surface area contributed by atoms with E-state index in [1.165, 1.54) is 22.5 Å². The van der Waals surface area contributed by atoms with Crippen molar-refractivity contribution in [3.8, 4) is 0 Å². The zero-order valence-corrected chi connectivity index (χ0v) is 19.2. The largest absolute Gasteiger partial charge is 0.373 e. The lowest BCUT2D eigenvalue weighted by molar-refractivity contribution is -0.0440. The van der Waals surface area contributed by atoms with Crippen LogP contribution in [0.5, 0.6) is 0 Å². The van der Waals surface area contributed by atoms with Gasteiger partial charge >= 0.3 is 0 Å². The molecule has 2 unspecified atom stereocenters. The van der Waals surface area contributed by atoms with Crippen LogP contribution >= 0.6 is 11.6 Å². The summed E-state index contributed by atoms with van der Waals surface area (Å²) >= 11 is 6.19. The molecule has 1 fully saturated rings. The third-order valence-electron chi connectivity index (χ3n) is 4.69. The van der Waals surface area contributed by atoms with Crippen LogP contribution in [0.15, 0.2) is 33.7 Å². The van der Waals surface area contributed by atoms with Crippen LogP contribution in [0.25, 0.3) is 0 Å². The van der Waals surface area contributed by atoms with Crippen molar-refractivity contribution in [2.45, 2.75) is 57.1 Å². The number of morpholine rings is 1. The summed E-state index contributed by atoms with van der Waals surface area (Å²) in [5, 5.41) is 6.53. The van der Waals surface area contributed by atoms with Crippen molar-refractivity contribution in [1.82, 2.24) is 9.46 Å². The van der Waals surface area contributed by atoms with Crippen LogP contribution in [-0.2, 0) is 20.2 Å². The first-order valence-corrected chi connectivity index (χ1v) is 11.4. The van der Waals surface area contributed by atoms with E-state index in [2.05, 4.69) is 10.5 Å². The fraction of sp³-hybridized carbons (Fsp3) is 0.500. The molecule has 0 spiro atoms. The monoisotopic (exact) mass is 455 g/mol. The van der Waals surface area contributed by atoms with Crippen molar-refractivity contribution in [2.75, 3.05) is 18.4 Å². The highest BCUT2D eigenvalue weighted by Gasteiger charge is 2.34. The zero-order valence-electron chi connectivity index (χ0n) is 17.6. The van der Waals surface area contributed by atoms with Crippen LogP contribution in [0.2, 0.25) is 5.02 Å². The summed E-state index contributed by atoms with van der Waals surface area (Å²) in [5.74, 6) is 0.355. The van der Waals surface area contributed by atoms with E-state index < -0.39 is 15.9 Å². The van der Waals surface area contributed by atoms with Gasteiger partial charge in [-0.1, -0.05) is 37.5 Å². The third kappa shape index (κ3) is 4.85. The van der Waals surface area contributed by atoms with Crippen molar-refractivity contribution in [3.63, 3.8) is 0 Å². The van der Waals surface area contributed by atoms with E-state index in [0.717, 1.165) is 0 Å². The number of carbonyl (C=O) groups excluding carboxylic acids is 1. The molecule has 2 atom stereocenters. The van der Waals surface area contributed by atoms with Gasteiger partial charge in [-0.2, -0.15) is 4.31 Å². The van der Waals surface area contributed by atoms with Gasteiger partial charge < -0.3 is 14.6 Å². The van der Waals surface area contributed by atoms with E-state index in [4.69, 9.17) is 20.9 Å². The predicted octanol–water partition coefficient (Wildman–Crippen LogP) is 3.68. The molecule has 0 saturated carbocycles. The van der Waals surface area contributed by atoms with E-state index in [9.17, 15) is 13.2 Å². The lowest BCUT2D eigenvalue weighted by Gasteiger charge is -2.34. The molecule has 1 aliphatic heterocycles. The molecular formula is C20H26ClN3O5S. The molecule has 8 nitrogen and oxygen atoms in total. The number of nitrogens with one attached hydrogen (secondary N) is 1. The summed E-state index contributed by atoms with van der Waals surface area (Å²) in [6.45, 7) is 9.94. The molecule has 2 heterocycles. The van der Waals surface area contributed by atoms with E-state index in [0.29, 0.717) is 5.76 Å². The van der Waals surface area contributed by atoms with Crippen molar-refractivity contribution in [1.29, 1.82) is 0 Å². The summed E-state index contributed by atoms with van der Waals surface area (Å²) < 4.78 is 38.6. The normalized spacial score (nSPS) is 20.9. The Balaban J connectivity index is 1.86. The Morgan fingerprint density at radius 3 is 2.40 bits per heavy atom. The number of sulfonamides is 1. The van der Waals surface area contributed by atoms with Gasteiger partial charge in [0.05, 0.1) is 17.2 Å². The molecule has 10 heteroatoms. The van der Waals surface area contributed by atoms with Gasteiger partial charge in [-0.05, 0) is 32.0 Å². The quantitative estimate of drug-likeness (QED) is 0.754. The minimum atomic E-state index is -3.90. The maximum atomic E-state index is 13.2. The van der Waals surface area contributed by atoms with Gasteiger partial charge in [0.2, 0.25) is 10.0 Å². The number of amides is 1. The molecule has 1 saturated heterocycles. The fourth-order valence-corrected chi connectivity index (χ4v) is 5.28. The molecule has 164 valence electrons. The summed E-state index contributed by atoms with van der Waals surface area (Å²) in [4.78, 5) is 12.6. The van der Waals surface area contributed by atoms with Crippen LogP contribution in [0.3, 0.4) is 0 Å². The van der Waals surface area contributed by atoms with Crippen LogP contribution in [-0.4, -0.2) is 49.1 Å². The number of benzene rings is 1. The topological polar surface area (TPSA) is 102 Å². The van der Waals surface area contributed by atoms with Gasteiger partial charge in [0.15, 0.2) is 5.82 Å². The summed E-state index contributed by atoms with van der Waals surface area (Å²) in [6.07, 6.45) is -0.476. The van der Waals surface area contributed by atoms with Gasteiger partial charge in [-0.15, -0.1) is 0 Å². The van der Waals surface area contributed by atoms with Crippen molar-refractivity contribution in [2.24, 2.45) is 0 Å². The second-order valence-corrected chi connectivity index (χ2v) is 10.8. The standard InChI is InChI=1S/C20H26ClN3O5S/c1-12-10-24(11-13(2)28-12)30(26,27)16-8-14(6-7-15(16)21)19(25)22-18-9-17(29-23-18)20(3,4)5/h6-9,12-13H,10-11H2,1-5H3,(H,22,23,25). The van der Waals surface area contributed by atoms with Crippen molar-refractivity contribution < 1.29 is 22.5 Å². The number of nitrogens with zero attached hydrogens (tertiary/aromatic N) is 2. The molecular weight excluding hydrogens is 430 g/mol. The Morgan fingerprint density at radius 1 is 1.20 bits per heavy atom. The van der Waals surface area contributed by atoms with Crippen LogP contribution in [0.4, 0.5) is 5.82 Å². The Kier molecular flexibility index (Phi) is 6.29. The molecule has 0 radical (unpaired) electrons. The van der Waals surface area contributed by atoms with Gasteiger partial charge in [-0.3, -0.25) is 4.79 Å². The van der Waals surface area contributed by atoms with Crippen LogP contribution in [0, 0.1) is 0 Å². The average Bonchev–Trinajstić information content (AvgIpc) is 3.10. The van der Waals surface area contributed by atoms with E-state index in [1.54, 1.807) is 6.07 Å². The molecule has 0 aliphatic carbocycles. The molecule has 3 rings (SSSR count). The summed E-state index contributed by atoms with van der Waals surface area (Å²) in [6, 6.07) is 5.79. The Hall–Kier alpha value is -1.94. The van der Waals surface area contributed by atoms with E-state index in [-0.39, 0.29) is 52.0 Å². The fourth-order valence-electron chi connectivity index (χ4n) is 3.18. The SMILES string of the molecule is CC1CN(S(=O)(=O)c2cc(C(=O)Nc3cc(C(C)(C)C)on3)ccc2Cl)CC(C)O1. The number of aromatic nitrogens is 1. The number of carbonyl (C=O) groups is 1.